The van der Waals surface area contributed by atoms with Crippen LogP contribution in [0.2, 0.25) is 5.28 Å². The summed E-state index contributed by atoms with van der Waals surface area (Å²) in [4.78, 5) is 19.5. The number of nitrogens with one attached hydrogen (secondary N) is 1. The van der Waals surface area contributed by atoms with Crippen LogP contribution in [0.5, 0.6) is 5.75 Å². The quantitative estimate of drug-likeness (QED) is 0.567. The number of halogens is 1. The first kappa shape index (κ1) is 21.3. The number of hydrogen-bond acceptors (Lipinski definition) is 8. The van der Waals surface area contributed by atoms with Gasteiger partial charge in [0.25, 0.3) is 0 Å². The average molecular weight is 455 g/mol. The minimum atomic E-state index is 0.178. The van der Waals surface area contributed by atoms with Crippen LogP contribution < -0.4 is 15.0 Å². The number of morpholine rings is 1. The molecule has 0 unspecified atom stereocenters. The number of nitrogens with zero attached hydrogens (tertiary/aromatic N) is 5. The van der Waals surface area contributed by atoms with Gasteiger partial charge in [-0.2, -0.15) is 0 Å². The molecule has 9 heteroatoms. The molecule has 32 heavy (non-hydrogen) atoms. The molecule has 2 fully saturated rings. The molecular weight excluding hydrogens is 428 g/mol. The highest BCUT2D eigenvalue weighted by Gasteiger charge is 2.24. The maximum absolute atomic E-state index is 6.50. The summed E-state index contributed by atoms with van der Waals surface area (Å²) in [6.45, 7) is 3.98. The number of aromatic nitrogens is 4. The Hall–Kier alpha value is -2.55. The summed E-state index contributed by atoms with van der Waals surface area (Å²) in [5.74, 6) is 0.826. The van der Waals surface area contributed by atoms with Gasteiger partial charge in [-0.25, -0.2) is 15.0 Å². The number of ether oxygens (including phenoxy) is 2. The fourth-order valence-corrected chi connectivity index (χ4v) is 4.48. The van der Waals surface area contributed by atoms with Crippen molar-refractivity contribution >= 4 is 28.3 Å². The molecule has 0 bridgehead atoms. The number of hydrogen-bond donors (Lipinski definition) is 1. The Morgan fingerprint density at radius 1 is 1.00 bits per heavy atom. The Morgan fingerprint density at radius 2 is 1.75 bits per heavy atom. The Labute approximate surface area is 192 Å². The summed E-state index contributed by atoms with van der Waals surface area (Å²) in [6, 6.07) is 4.68. The highest BCUT2D eigenvalue weighted by Crippen LogP contribution is 2.33. The van der Waals surface area contributed by atoms with Crippen LogP contribution in [-0.2, 0) is 11.3 Å². The minimum Gasteiger partial charge on any atom is -0.488 e. The molecule has 3 heterocycles. The van der Waals surface area contributed by atoms with Crippen LogP contribution in [0.3, 0.4) is 0 Å². The van der Waals surface area contributed by atoms with E-state index < -0.39 is 0 Å². The predicted octanol–water partition coefficient (Wildman–Crippen LogP) is 3.39. The number of rotatable bonds is 6. The Bertz CT molecular complexity index is 1040. The average Bonchev–Trinajstić information content (AvgIpc) is 2.85. The summed E-state index contributed by atoms with van der Waals surface area (Å²) in [5, 5.41) is 3.88. The molecule has 1 saturated heterocycles. The van der Waals surface area contributed by atoms with Crippen LogP contribution >= 0.6 is 11.6 Å². The van der Waals surface area contributed by atoms with Crippen molar-refractivity contribution < 1.29 is 9.47 Å². The lowest BCUT2D eigenvalue weighted by atomic mass is 9.92. The molecule has 1 saturated carbocycles. The van der Waals surface area contributed by atoms with Gasteiger partial charge in [-0.1, -0.05) is 0 Å². The van der Waals surface area contributed by atoms with Crippen molar-refractivity contribution in [2.45, 2.75) is 44.4 Å². The van der Waals surface area contributed by atoms with Crippen molar-refractivity contribution in [3.8, 4) is 5.75 Å². The van der Waals surface area contributed by atoms with E-state index in [1.165, 1.54) is 0 Å². The normalized spacial score (nSPS) is 21.6. The first-order valence-corrected chi connectivity index (χ1v) is 11.6. The van der Waals surface area contributed by atoms with Gasteiger partial charge in [0.15, 0.2) is 0 Å². The second-order valence-electron chi connectivity index (χ2n) is 8.30. The lowest BCUT2D eigenvalue weighted by molar-refractivity contribution is 0.122. The van der Waals surface area contributed by atoms with Crippen molar-refractivity contribution in [3.63, 3.8) is 0 Å². The summed E-state index contributed by atoms with van der Waals surface area (Å²) in [7, 11) is 0. The molecule has 0 amide bonds. The van der Waals surface area contributed by atoms with E-state index in [2.05, 4.69) is 42.3 Å². The molecule has 2 aromatic heterocycles. The first-order valence-electron chi connectivity index (χ1n) is 11.2. The zero-order valence-corrected chi connectivity index (χ0v) is 18.7. The topological polar surface area (TPSA) is 85.3 Å². The molecule has 0 atom stereocenters. The van der Waals surface area contributed by atoms with E-state index in [1.807, 2.05) is 0 Å². The van der Waals surface area contributed by atoms with Gasteiger partial charge in [0.2, 0.25) is 5.28 Å². The Morgan fingerprint density at radius 3 is 2.53 bits per heavy atom. The van der Waals surface area contributed by atoms with Crippen LogP contribution in [0, 0.1) is 0 Å². The summed E-state index contributed by atoms with van der Waals surface area (Å²) < 4.78 is 12.0. The van der Waals surface area contributed by atoms with E-state index in [0.717, 1.165) is 86.6 Å². The van der Waals surface area contributed by atoms with E-state index in [1.54, 1.807) is 24.8 Å². The van der Waals surface area contributed by atoms with Crippen LogP contribution in [0.25, 0.3) is 11.0 Å². The molecule has 3 aromatic rings. The van der Waals surface area contributed by atoms with Gasteiger partial charge in [-0.15, -0.1) is 0 Å². The van der Waals surface area contributed by atoms with E-state index in [-0.39, 0.29) is 11.4 Å². The monoisotopic (exact) mass is 454 g/mol. The molecule has 1 aliphatic carbocycles. The molecule has 1 aromatic carbocycles. The summed E-state index contributed by atoms with van der Waals surface area (Å²) in [6.07, 6.45) is 11.3. The van der Waals surface area contributed by atoms with Gasteiger partial charge in [0.05, 0.1) is 24.8 Å². The Balaban J connectivity index is 1.22. The molecule has 1 aliphatic heterocycles. The van der Waals surface area contributed by atoms with Crippen molar-refractivity contribution in [2.24, 2.45) is 0 Å². The van der Waals surface area contributed by atoms with Crippen LogP contribution in [0.4, 0.5) is 5.69 Å². The highest BCUT2D eigenvalue weighted by molar-refractivity contribution is 6.28. The third-order valence-electron chi connectivity index (χ3n) is 6.14. The molecule has 0 spiro atoms. The molecule has 168 valence electrons. The van der Waals surface area contributed by atoms with E-state index in [4.69, 9.17) is 21.1 Å². The zero-order chi connectivity index (χ0) is 21.8. The van der Waals surface area contributed by atoms with E-state index >= 15 is 0 Å². The maximum atomic E-state index is 6.50. The molecule has 2 aliphatic rings. The summed E-state index contributed by atoms with van der Waals surface area (Å²) in [5.41, 5.74) is 3.86. The molecule has 5 rings (SSSR count). The molecule has 1 N–H and O–H groups in total. The van der Waals surface area contributed by atoms with Gasteiger partial charge < -0.3 is 19.7 Å². The predicted molar refractivity (Wildman–Crippen MR) is 123 cm³/mol. The highest BCUT2D eigenvalue weighted by atomic mass is 35.5. The third kappa shape index (κ3) is 5.09. The summed E-state index contributed by atoms with van der Waals surface area (Å²) >= 11 is 5.76. The van der Waals surface area contributed by atoms with Crippen molar-refractivity contribution in [2.75, 3.05) is 31.2 Å². The zero-order valence-electron chi connectivity index (χ0n) is 17.9. The lowest BCUT2D eigenvalue weighted by Gasteiger charge is -2.31. The van der Waals surface area contributed by atoms with Gasteiger partial charge >= 0.3 is 0 Å². The number of fused-ring (bicyclic) bond motifs is 1. The molecule has 0 radical (unpaired) electrons. The maximum Gasteiger partial charge on any atom is 0.222 e. The standard InChI is InChI=1S/C23H27ClN6O2/c24-23-28-14-16(15-29-23)13-27-17-1-3-19(4-2-17)32-21-12-18(30-7-9-31-10-8-30)11-20-22(21)26-6-5-25-20/h5-6,11-12,14-15,17,19,27H,1-4,7-10,13H2/t17-,19+. The van der Waals surface area contributed by atoms with Gasteiger partial charge in [-0.05, 0) is 43.4 Å². The fraction of sp³-hybridized carbons (Fsp3) is 0.478. The van der Waals surface area contributed by atoms with Crippen molar-refractivity contribution in [1.29, 1.82) is 0 Å². The van der Waals surface area contributed by atoms with E-state index in [9.17, 15) is 0 Å². The van der Waals surface area contributed by atoms with Crippen LogP contribution in [0.15, 0.2) is 36.9 Å². The third-order valence-corrected chi connectivity index (χ3v) is 6.33. The van der Waals surface area contributed by atoms with Crippen molar-refractivity contribution in [1.82, 2.24) is 25.3 Å². The SMILES string of the molecule is Clc1ncc(CN[C@H]2CC[C@@H](Oc3cc(N4CCOCC4)cc4nccnc34)CC2)cn1. The lowest BCUT2D eigenvalue weighted by Crippen LogP contribution is -2.36. The number of benzene rings is 1. The van der Waals surface area contributed by atoms with E-state index in [0.29, 0.717) is 6.04 Å². The number of anilines is 1. The van der Waals surface area contributed by atoms with Gasteiger partial charge in [-0.3, -0.25) is 4.98 Å². The van der Waals surface area contributed by atoms with Gasteiger partial charge in [0.1, 0.15) is 11.3 Å². The largest absolute Gasteiger partial charge is 0.488 e. The molecule has 8 nitrogen and oxygen atoms in total. The second kappa shape index (κ2) is 9.94. The van der Waals surface area contributed by atoms with Crippen LogP contribution in [0.1, 0.15) is 31.2 Å². The van der Waals surface area contributed by atoms with Crippen molar-refractivity contribution in [3.05, 3.63) is 47.8 Å². The van der Waals surface area contributed by atoms with Gasteiger partial charge in [0, 0.05) is 67.8 Å². The molecular formula is C23H27ClN6O2. The van der Waals surface area contributed by atoms with Crippen LogP contribution in [-0.4, -0.2) is 58.4 Å². The Kier molecular flexibility index (Phi) is 6.61. The second-order valence-corrected chi connectivity index (χ2v) is 8.64. The fourth-order valence-electron chi connectivity index (χ4n) is 4.38. The smallest absolute Gasteiger partial charge is 0.222 e. The first-order chi connectivity index (χ1) is 15.7. The minimum absolute atomic E-state index is 0.178.